The van der Waals surface area contributed by atoms with Crippen LogP contribution in [0.25, 0.3) is 22.0 Å². The molecule has 2 aromatic carbocycles. The first-order valence-electron chi connectivity index (χ1n) is 7.27. The molecule has 3 rings (SSSR count). The van der Waals surface area contributed by atoms with Gasteiger partial charge in [0.05, 0.1) is 12.8 Å². The van der Waals surface area contributed by atoms with Crippen molar-refractivity contribution in [3.8, 4) is 16.9 Å². The van der Waals surface area contributed by atoms with Crippen LogP contribution in [0, 0.1) is 0 Å². The van der Waals surface area contributed by atoms with Crippen LogP contribution in [-0.2, 0) is 0 Å². The molecule has 0 saturated heterocycles. The summed E-state index contributed by atoms with van der Waals surface area (Å²) in [6.45, 7) is 0. The van der Waals surface area contributed by atoms with Gasteiger partial charge in [-0.3, -0.25) is 9.69 Å². The molecule has 6 nitrogen and oxygen atoms in total. The molecule has 1 amide bonds. The van der Waals surface area contributed by atoms with Gasteiger partial charge in [0, 0.05) is 35.3 Å². The van der Waals surface area contributed by atoms with Crippen molar-refractivity contribution in [2.24, 2.45) is 0 Å². The number of carbonyl (C=O) groups is 2. The van der Waals surface area contributed by atoms with E-state index in [1.165, 1.54) is 7.05 Å². The quantitative estimate of drug-likeness (QED) is 0.716. The summed E-state index contributed by atoms with van der Waals surface area (Å²) in [6, 6.07) is 10.7. The number of rotatable bonds is 4. The maximum Gasteiger partial charge on any atom is 0.411 e. The Balaban J connectivity index is 2.34. The second-order valence-corrected chi connectivity index (χ2v) is 5.31. The second kappa shape index (κ2) is 6.08. The molecule has 2 N–H and O–H groups in total. The zero-order valence-electron chi connectivity index (χ0n) is 13.2. The molecule has 0 fully saturated rings. The fourth-order valence-electron chi connectivity index (χ4n) is 2.78. The third-order valence-electron chi connectivity index (χ3n) is 4.01. The first kappa shape index (κ1) is 15.6. The first-order chi connectivity index (χ1) is 11.6. The highest BCUT2D eigenvalue weighted by atomic mass is 16.5. The Morgan fingerprint density at radius 2 is 2.04 bits per heavy atom. The Morgan fingerprint density at radius 3 is 2.71 bits per heavy atom. The number of hydrogen-bond acceptors (Lipinski definition) is 3. The van der Waals surface area contributed by atoms with Crippen molar-refractivity contribution in [1.29, 1.82) is 0 Å². The van der Waals surface area contributed by atoms with Gasteiger partial charge < -0.3 is 14.8 Å². The van der Waals surface area contributed by atoms with Gasteiger partial charge in [-0.2, -0.15) is 0 Å². The Labute approximate surface area is 138 Å². The number of carboxylic acid groups (broad SMARTS) is 1. The molecule has 0 spiro atoms. The van der Waals surface area contributed by atoms with Gasteiger partial charge in [0.2, 0.25) is 0 Å². The Hall–Kier alpha value is -3.28. The van der Waals surface area contributed by atoms with Crippen molar-refractivity contribution in [3.63, 3.8) is 0 Å². The third-order valence-corrected chi connectivity index (χ3v) is 4.01. The summed E-state index contributed by atoms with van der Waals surface area (Å²) in [6.07, 6.45) is 1.35. The van der Waals surface area contributed by atoms with Crippen LogP contribution in [0.3, 0.4) is 0 Å². The highest BCUT2D eigenvalue weighted by molar-refractivity contribution is 6.08. The van der Waals surface area contributed by atoms with Crippen molar-refractivity contribution >= 4 is 29.0 Å². The zero-order valence-corrected chi connectivity index (χ0v) is 13.2. The highest BCUT2D eigenvalue weighted by Crippen LogP contribution is 2.38. The number of nitrogens with zero attached hydrogens (tertiary/aromatic N) is 1. The molecule has 122 valence electrons. The van der Waals surface area contributed by atoms with E-state index in [1.54, 1.807) is 31.5 Å². The van der Waals surface area contributed by atoms with E-state index in [1.807, 2.05) is 18.2 Å². The average Bonchev–Trinajstić information content (AvgIpc) is 3.03. The summed E-state index contributed by atoms with van der Waals surface area (Å²) >= 11 is 0. The number of methoxy groups -OCH3 is 1. The van der Waals surface area contributed by atoms with Gasteiger partial charge in [-0.15, -0.1) is 0 Å². The van der Waals surface area contributed by atoms with Crippen LogP contribution in [0.2, 0.25) is 0 Å². The maximum absolute atomic E-state index is 11.4. The molecular formula is C18H16N2O4. The number of ether oxygens (including phenoxy) is 1. The predicted octanol–water partition coefficient (Wildman–Crippen LogP) is 3.77. The van der Waals surface area contributed by atoms with Crippen molar-refractivity contribution in [3.05, 3.63) is 48.2 Å². The molecule has 0 atom stereocenters. The molecule has 0 unspecified atom stereocenters. The van der Waals surface area contributed by atoms with Gasteiger partial charge in [0.15, 0.2) is 6.29 Å². The summed E-state index contributed by atoms with van der Waals surface area (Å²) in [4.78, 5) is 27.0. The topological polar surface area (TPSA) is 82.6 Å². The lowest BCUT2D eigenvalue weighted by molar-refractivity contribution is 0.112. The summed E-state index contributed by atoms with van der Waals surface area (Å²) in [5.41, 5.74) is 3.27. The number of aromatic amines is 1. The Bertz CT molecular complexity index is 930. The Kier molecular flexibility index (Phi) is 3.95. The van der Waals surface area contributed by atoms with Crippen molar-refractivity contribution in [2.75, 3.05) is 19.1 Å². The van der Waals surface area contributed by atoms with Gasteiger partial charge in [0.25, 0.3) is 0 Å². The van der Waals surface area contributed by atoms with Crippen LogP contribution in [0.15, 0.2) is 42.6 Å². The van der Waals surface area contributed by atoms with Crippen molar-refractivity contribution in [2.45, 2.75) is 0 Å². The summed E-state index contributed by atoms with van der Waals surface area (Å²) in [7, 11) is 3.03. The van der Waals surface area contributed by atoms with Crippen LogP contribution in [0.5, 0.6) is 5.75 Å². The molecule has 0 bridgehead atoms. The molecule has 0 aliphatic rings. The number of amides is 1. The lowest BCUT2D eigenvalue weighted by atomic mass is 9.97. The van der Waals surface area contributed by atoms with E-state index in [-0.39, 0.29) is 0 Å². The molecule has 1 aromatic heterocycles. The number of benzene rings is 2. The number of nitrogens with one attached hydrogen (secondary N) is 1. The lowest BCUT2D eigenvalue weighted by Crippen LogP contribution is -2.24. The van der Waals surface area contributed by atoms with E-state index in [9.17, 15) is 14.7 Å². The van der Waals surface area contributed by atoms with E-state index in [2.05, 4.69) is 4.98 Å². The monoisotopic (exact) mass is 324 g/mol. The second-order valence-electron chi connectivity index (χ2n) is 5.31. The fourth-order valence-corrected chi connectivity index (χ4v) is 2.78. The predicted molar refractivity (Wildman–Crippen MR) is 92.1 cm³/mol. The number of hydrogen-bond donors (Lipinski definition) is 2. The zero-order chi connectivity index (χ0) is 17.3. The average molecular weight is 324 g/mol. The molecule has 1 heterocycles. The van der Waals surface area contributed by atoms with Gasteiger partial charge in [-0.25, -0.2) is 4.79 Å². The van der Waals surface area contributed by atoms with Crippen LogP contribution in [0.1, 0.15) is 10.4 Å². The van der Waals surface area contributed by atoms with Gasteiger partial charge in [0.1, 0.15) is 5.75 Å². The van der Waals surface area contributed by atoms with E-state index >= 15 is 0 Å². The molecule has 0 aliphatic carbocycles. The van der Waals surface area contributed by atoms with Crippen LogP contribution in [-0.4, -0.2) is 36.6 Å². The van der Waals surface area contributed by atoms with Crippen molar-refractivity contribution < 1.29 is 19.4 Å². The normalized spacial score (nSPS) is 10.6. The number of aromatic nitrogens is 1. The molecule has 3 aromatic rings. The van der Waals surface area contributed by atoms with Gasteiger partial charge >= 0.3 is 6.09 Å². The molecule has 24 heavy (non-hydrogen) atoms. The van der Waals surface area contributed by atoms with Crippen LogP contribution < -0.4 is 9.64 Å². The first-order valence-corrected chi connectivity index (χ1v) is 7.27. The van der Waals surface area contributed by atoms with Crippen molar-refractivity contribution in [1.82, 2.24) is 4.98 Å². The Morgan fingerprint density at radius 1 is 1.25 bits per heavy atom. The summed E-state index contributed by atoms with van der Waals surface area (Å²) in [5.74, 6) is 0.604. The summed E-state index contributed by atoms with van der Waals surface area (Å²) in [5, 5.41) is 10.1. The lowest BCUT2D eigenvalue weighted by Gasteiger charge is -2.19. The fraction of sp³-hybridized carbons (Fsp3) is 0.111. The minimum atomic E-state index is -1.07. The molecule has 0 radical (unpaired) electrons. The van der Waals surface area contributed by atoms with E-state index in [0.29, 0.717) is 22.6 Å². The van der Waals surface area contributed by atoms with Crippen LogP contribution >= 0.6 is 0 Å². The van der Waals surface area contributed by atoms with E-state index < -0.39 is 6.09 Å². The summed E-state index contributed by atoms with van der Waals surface area (Å²) < 4.78 is 5.28. The third kappa shape index (κ3) is 2.48. The number of H-pyrrole nitrogens is 1. The minimum absolute atomic E-state index is 0.508. The van der Waals surface area contributed by atoms with E-state index in [4.69, 9.17) is 4.74 Å². The number of aldehydes is 1. The minimum Gasteiger partial charge on any atom is -0.497 e. The standard InChI is InChI=1S/C18H16N2O4/c1-20(18(22)23)16-7-6-12(24-2)8-14(16)13-4-3-5-15-17(13)11(10-21)9-19-15/h3-10,19H,1-2H3,(H,22,23). The SMILES string of the molecule is COc1ccc(N(C)C(=O)O)c(-c2cccc3[nH]cc(C=O)c23)c1. The van der Waals surface area contributed by atoms with Gasteiger partial charge in [-0.05, 0) is 29.8 Å². The number of fused-ring (bicyclic) bond motifs is 1. The van der Waals surface area contributed by atoms with Crippen LogP contribution in [0.4, 0.5) is 10.5 Å². The van der Waals surface area contributed by atoms with E-state index in [0.717, 1.165) is 27.7 Å². The highest BCUT2D eigenvalue weighted by Gasteiger charge is 2.18. The number of carbonyl (C=O) groups excluding carboxylic acids is 1. The molecule has 0 aliphatic heterocycles. The van der Waals surface area contributed by atoms with Gasteiger partial charge in [-0.1, -0.05) is 12.1 Å². The maximum atomic E-state index is 11.4. The largest absolute Gasteiger partial charge is 0.497 e. The smallest absolute Gasteiger partial charge is 0.411 e. The molecule has 0 saturated carbocycles. The molecule has 6 heteroatoms. The number of anilines is 1. The molecular weight excluding hydrogens is 308 g/mol.